The van der Waals surface area contributed by atoms with E-state index in [1.165, 1.54) is 0 Å². The second kappa shape index (κ2) is 17.2. The molecule has 1 aliphatic rings. The van der Waals surface area contributed by atoms with Crippen LogP contribution in [0.4, 0.5) is 0 Å². The number of benzene rings is 4. The molecule has 0 saturated heterocycles. The van der Waals surface area contributed by atoms with E-state index in [0.717, 1.165) is 22.3 Å². The summed E-state index contributed by atoms with van der Waals surface area (Å²) in [4.78, 5) is 0. The number of rotatable bonds is 20. The van der Waals surface area contributed by atoms with Crippen LogP contribution in [0.5, 0.6) is 34.5 Å². The second-order valence-electron chi connectivity index (χ2n) is 10.9. The van der Waals surface area contributed by atoms with Crippen molar-refractivity contribution in [1.82, 2.24) is 0 Å². The molecule has 12 heteroatoms. The van der Waals surface area contributed by atoms with E-state index >= 15 is 0 Å². The lowest BCUT2D eigenvalue weighted by Gasteiger charge is -2.37. The quantitative estimate of drug-likeness (QED) is 0.0709. The van der Waals surface area contributed by atoms with Gasteiger partial charge < -0.3 is 59.1 Å². The molecular formula is C37H42O12. The van der Waals surface area contributed by atoms with Crippen molar-refractivity contribution in [2.75, 3.05) is 79.3 Å². The highest BCUT2D eigenvalue weighted by Crippen LogP contribution is 2.61. The van der Waals surface area contributed by atoms with Gasteiger partial charge in [0.05, 0.1) is 45.1 Å². The topological polar surface area (TPSA) is 177 Å². The molecule has 262 valence electrons. The number of hydrogen-bond acceptors (Lipinski definition) is 12. The fourth-order valence-corrected chi connectivity index (χ4v) is 6.25. The molecule has 0 unspecified atom stereocenters. The van der Waals surface area contributed by atoms with Crippen LogP contribution in [0, 0.1) is 0 Å². The minimum absolute atomic E-state index is 0.0366. The summed E-state index contributed by atoms with van der Waals surface area (Å²) in [6.07, 6.45) is 0. The second-order valence-corrected chi connectivity index (χ2v) is 10.9. The summed E-state index contributed by atoms with van der Waals surface area (Å²) in [5.41, 5.74) is 3.43. The third-order valence-electron chi connectivity index (χ3n) is 7.95. The molecule has 0 saturated carbocycles. The molecule has 1 aliphatic carbocycles. The molecule has 0 aromatic heterocycles. The van der Waals surface area contributed by atoms with Gasteiger partial charge in [-0.2, -0.15) is 0 Å². The van der Waals surface area contributed by atoms with E-state index in [1.807, 2.05) is 48.5 Å². The summed E-state index contributed by atoms with van der Waals surface area (Å²) in [6.45, 7) is -1.91. The average molecular weight is 679 g/mol. The molecule has 0 radical (unpaired) electrons. The molecule has 0 bridgehead atoms. The molecule has 4 aromatic carbocycles. The molecule has 0 amide bonds. The molecular weight excluding hydrogens is 636 g/mol. The van der Waals surface area contributed by atoms with E-state index < -0.39 is 5.41 Å². The highest BCUT2D eigenvalue weighted by atomic mass is 16.5. The first-order chi connectivity index (χ1) is 24.1. The Morgan fingerprint density at radius 2 is 0.633 bits per heavy atom. The van der Waals surface area contributed by atoms with E-state index in [1.54, 1.807) is 24.3 Å². The van der Waals surface area contributed by atoms with Gasteiger partial charge in [-0.1, -0.05) is 48.5 Å². The van der Waals surface area contributed by atoms with Gasteiger partial charge in [-0.25, -0.2) is 0 Å². The Kier molecular flexibility index (Phi) is 12.5. The van der Waals surface area contributed by atoms with Crippen molar-refractivity contribution in [2.45, 2.75) is 5.41 Å². The van der Waals surface area contributed by atoms with Crippen LogP contribution in [0.2, 0.25) is 0 Å². The maximum Gasteiger partial charge on any atom is 0.165 e. The molecule has 6 N–H and O–H groups in total. The zero-order chi connectivity index (χ0) is 34.6. The van der Waals surface area contributed by atoms with Crippen molar-refractivity contribution in [3.8, 4) is 45.6 Å². The fourth-order valence-electron chi connectivity index (χ4n) is 6.25. The van der Waals surface area contributed by atoms with Crippen molar-refractivity contribution in [2.24, 2.45) is 0 Å². The first kappa shape index (κ1) is 35.7. The Morgan fingerprint density at radius 3 is 0.959 bits per heavy atom. The summed E-state index contributed by atoms with van der Waals surface area (Å²) in [5, 5.41) is 58.2. The van der Waals surface area contributed by atoms with Crippen LogP contribution in [0.3, 0.4) is 0 Å². The average Bonchev–Trinajstić information content (AvgIpc) is 3.43. The minimum atomic E-state index is -1.23. The first-order valence-corrected chi connectivity index (χ1v) is 16.1. The molecule has 0 atom stereocenters. The zero-order valence-electron chi connectivity index (χ0n) is 27.0. The Hall–Kier alpha value is -4.56. The number of hydrogen-bond donors (Lipinski definition) is 6. The number of ether oxygens (including phenoxy) is 6. The highest BCUT2D eigenvalue weighted by molar-refractivity contribution is 5.88. The van der Waals surface area contributed by atoms with E-state index in [0.29, 0.717) is 22.6 Å². The van der Waals surface area contributed by atoms with Gasteiger partial charge in [0.25, 0.3) is 0 Å². The number of fused-ring (bicyclic) bond motifs is 3. The van der Waals surface area contributed by atoms with Crippen LogP contribution < -0.4 is 28.4 Å². The molecule has 5 rings (SSSR count). The largest absolute Gasteiger partial charge is 0.491 e. The number of aliphatic hydroxyl groups is 6. The highest BCUT2D eigenvalue weighted by Gasteiger charge is 2.50. The van der Waals surface area contributed by atoms with Gasteiger partial charge in [-0.3, -0.25) is 0 Å². The van der Waals surface area contributed by atoms with E-state index in [2.05, 4.69) is 0 Å². The van der Waals surface area contributed by atoms with Gasteiger partial charge in [0, 0.05) is 23.3 Å². The van der Waals surface area contributed by atoms with Gasteiger partial charge in [0.15, 0.2) is 23.0 Å². The third-order valence-corrected chi connectivity index (χ3v) is 7.95. The Labute approximate surface area is 284 Å². The van der Waals surface area contributed by atoms with Crippen molar-refractivity contribution >= 4 is 0 Å². The van der Waals surface area contributed by atoms with Gasteiger partial charge in [-0.15, -0.1) is 0 Å². The summed E-state index contributed by atoms with van der Waals surface area (Å²) in [5.74, 6) is 1.71. The Morgan fingerprint density at radius 1 is 0.347 bits per heavy atom. The van der Waals surface area contributed by atoms with E-state index in [-0.39, 0.29) is 102 Å². The molecule has 0 aliphatic heterocycles. The summed E-state index contributed by atoms with van der Waals surface area (Å²) in [7, 11) is 0. The fraction of sp³-hybridized carbons (Fsp3) is 0.351. The molecule has 49 heavy (non-hydrogen) atoms. The van der Waals surface area contributed by atoms with Gasteiger partial charge in [0.2, 0.25) is 0 Å². The smallest absolute Gasteiger partial charge is 0.165 e. The molecule has 0 spiro atoms. The predicted molar refractivity (Wildman–Crippen MR) is 179 cm³/mol. The standard InChI is InChI=1S/C37H42O12/c38-9-15-44-31-23-35(48-19-13-42)33(46-17-11-40)21-29(31)37(27-7-3-1-5-25(27)26-6-2-4-8-28(26)37)30-22-34(47-18-12-41)36(49-20-14-43)24-32(30)45-16-10-39/h1-8,21-24,38-43H,9-20H2. The summed E-state index contributed by atoms with van der Waals surface area (Å²) < 4.78 is 36.3. The number of aliphatic hydroxyl groups excluding tert-OH is 6. The van der Waals surface area contributed by atoms with Gasteiger partial charge in [-0.05, 0) is 34.4 Å². The maximum atomic E-state index is 9.87. The Balaban J connectivity index is 1.95. The van der Waals surface area contributed by atoms with Crippen LogP contribution in [0.25, 0.3) is 11.1 Å². The van der Waals surface area contributed by atoms with Crippen molar-refractivity contribution in [3.05, 3.63) is 95.1 Å². The molecule has 4 aromatic rings. The van der Waals surface area contributed by atoms with Crippen molar-refractivity contribution in [3.63, 3.8) is 0 Å². The molecule has 12 nitrogen and oxygen atoms in total. The predicted octanol–water partition coefficient (Wildman–Crippen LogP) is 2.28. The maximum absolute atomic E-state index is 9.87. The zero-order valence-corrected chi connectivity index (χ0v) is 27.0. The third kappa shape index (κ3) is 7.25. The monoisotopic (exact) mass is 678 g/mol. The van der Waals surface area contributed by atoms with Crippen LogP contribution in [0.1, 0.15) is 22.3 Å². The van der Waals surface area contributed by atoms with Crippen LogP contribution in [-0.2, 0) is 5.41 Å². The Bertz CT molecular complexity index is 1550. The van der Waals surface area contributed by atoms with Crippen LogP contribution in [-0.4, -0.2) is 110 Å². The first-order valence-electron chi connectivity index (χ1n) is 16.1. The summed E-state index contributed by atoms with van der Waals surface area (Å²) >= 11 is 0. The van der Waals surface area contributed by atoms with Crippen molar-refractivity contribution in [1.29, 1.82) is 0 Å². The minimum Gasteiger partial charge on any atom is -0.491 e. The normalized spacial score (nSPS) is 12.6. The molecule has 0 heterocycles. The SMILES string of the molecule is OCCOc1cc(OCCO)c(C2(c3cc(OCCO)c(OCCO)cc3OCCO)c3ccccc3-c3ccccc32)cc1OCCO. The molecule has 0 fully saturated rings. The lowest BCUT2D eigenvalue weighted by molar-refractivity contribution is 0.174. The lowest BCUT2D eigenvalue weighted by atomic mass is 9.66. The van der Waals surface area contributed by atoms with E-state index in [4.69, 9.17) is 28.4 Å². The van der Waals surface area contributed by atoms with E-state index in [9.17, 15) is 30.6 Å². The van der Waals surface area contributed by atoms with Gasteiger partial charge >= 0.3 is 0 Å². The van der Waals surface area contributed by atoms with Crippen LogP contribution >= 0.6 is 0 Å². The van der Waals surface area contributed by atoms with Gasteiger partial charge in [0.1, 0.15) is 51.1 Å². The lowest BCUT2D eigenvalue weighted by Crippen LogP contribution is -2.31. The van der Waals surface area contributed by atoms with Crippen molar-refractivity contribution < 1.29 is 59.1 Å². The summed E-state index contributed by atoms with van der Waals surface area (Å²) in [6, 6.07) is 22.5. The van der Waals surface area contributed by atoms with Crippen LogP contribution in [0.15, 0.2) is 72.8 Å².